The van der Waals surface area contributed by atoms with Crippen molar-refractivity contribution in [1.29, 1.82) is 0 Å². The Kier molecular flexibility index (Phi) is 3.96. The number of benzene rings is 1. The summed E-state index contributed by atoms with van der Waals surface area (Å²) in [6.45, 7) is 2.48. The van der Waals surface area contributed by atoms with Gasteiger partial charge in [-0.1, -0.05) is 6.07 Å². The number of ether oxygens (including phenoxy) is 2. The van der Waals surface area contributed by atoms with Crippen molar-refractivity contribution in [1.82, 2.24) is 14.9 Å². The van der Waals surface area contributed by atoms with Crippen molar-refractivity contribution in [2.75, 3.05) is 26.3 Å². The fraction of sp³-hybridized carbons (Fsp3) is 0.333. The molecule has 0 aliphatic carbocycles. The van der Waals surface area contributed by atoms with Crippen molar-refractivity contribution in [3.63, 3.8) is 0 Å². The molecule has 1 aromatic carbocycles. The van der Waals surface area contributed by atoms with Gasteiger partial charge < -0.3 is 19.4 Å². The Balaban J connectivity index is 1.33. The molecule has 3 aromatic rings. The van der Waals surface area contributed by atoms with E-state index in [9.17, 15) is 4.79 Å². The standard InChI is InChI=1S/C21H21N3O3/c25-21(16-3-1-5-18-19(16)27-12-11-26-18)24-9-6-14(7-10-24)17-13-23-20-15(17)4-2-8-22-20/h1-5,8,13-14H,6-7,9-12H2,(H,22,23). The van der Waals surface area contributed by atoms with Gasteiger partial charge in [0.2, 0.25) is 0 Å². The summed E-state index contributed by atoms with van der Waals surface area (Å²) in [7, 11) is 0. The molecule has 6 nitrogen and oxygen atoms in total. The van der Waals surface area contributed by atoms with E-state index in [0.717, 1.165) is 31.6 Å². The van der Waals surface area contributed by atoms with Crippen LogP contribution in [0, 0.1) is 0 Å². The lowest BCUT2D eigenvalue weighted by Crippen LogP contribution is -2.38. The molecule has 2 aliphatic heterocycles. The summed E-state index contributed by atoms with van der Waals surface area (Å²) in [6, 6.07) is 9.61. The summed E-state index contributed by atoms with van der Waals surface area (Å²) >= 11 is 0. The zero-order valence-electron chi connectivity index (χ0n) is 15.0. The summed E-state index contributed by atoms with van der Waals surface area (Å²) in [6.07, 6.45) is 5.76. The number of fused-ring (bicyclic) bond motifs is 2. The minimum absolute atomic E-state index is 0.0244. The number of hydrogen-bond acceptors (Lipinski definition) is 4. The second-order valence-electron chi connectivity index (χ2n) is 7.04. The Morgan fingerprint density at radius 2 is 1.96 bits per heavy atom. The second kappa shape index (κ2) is 6.61. The highest BCUT2D eigenvalue weighted by molar-refractivity contribution is 5.98. The quantitative estimate of drug-likeness (QED) is 0.758. The van der Waals surface area contributed by atoms with Gasteiger partial charge >= 0.3 is 0 Å². The van der Waals surface area contributed by atoms with E-state index in [0.29, 0.717) is 36.2 Å². The summed E-state index contributed by atoms with van der Waals surface area (Å²) in [5.41, 5.74) is 2.83. The average molecular weight is 363 g/mol. The second-order valence-corrected chi connectivity index (χ2v) is 7.04. The molecular weight excluding hydrogens is 342 g/mol. The molecule has 1 fully saturated rings. The number of carbonyl (C=O) groups excluding carboxylic acids is 1. The molecule has 1 saturated heterocycles. The van der Waals surface area contributed by atoms with E-state index in [4.69, 9.17) is 9.47 Å². The van der Waals surface area contributed by atoms with Gasteiger partial charge in [-0.3, -0.25) is 4.79 Å². The van der Waals surface area contributed by atoms with E-state index in [-0.39, 0.29) is 5.91 Å². The van der Waals surface area contributed by atoms with Crippen LogP contribution in [0.2, 0.25) is 0 Å². The molecule has 0 spiro atoms. The predicted molar refractivity (Wildman–Crippen MR) is 101 cm³/mol. The van der Waals surface area contributed by atoms with Crippen LogP contribution in [0.1, 0.15) is 34.7 Å². The van der Waals surface area contributed by atoms with Crippen molar-refractivity contribution >= 4 is 16.9 Å². The topological polar surface area (TPSA) is 67.5 Å². The third-order valence-corrected chi connectivity index (χ3v) is 5.50. The Morgan fingerprint density at radius 1 is 1.11 bits per heavy atom. The monoisotopic (exact) mass is 363 g/mol. The highest BCUT2D eigenvalue weighted by atomic mass is 16.6. The van der Waals surface area contributed by atoms with E-state index in [1.54, 1.807) is 6.20 Å². The first-order valence-electron chi connectivity index (χ1n) is 9.41. The van der Waals surface area contributed by atoms with E-state index in [1.165, 1.54) is 10.9 Å². The SMILES string of the molecule is O=C(c1cccc2c1OCCO2)N1CCC(c2c[nH]c3ncccc23)CC1. The van der Waals surface area contributed by atoms with Gasteiger partial charge in [0, 0.05) is 30.9 Å². The number of aromatic nitrogens is 2. The van der Waals surface area contributed by atoms with Crippen LogP contribution in [0.5, 0.6) is 11.5 Å². The van der Waals surface area contributed by atoms with Crippen LogP contribution >= 0.6 is 0 Å². The van der Waals surface area contributed by atoms with Crippen LogP contribution in [0.25, 0.3) is 11.0 Å². The number of aromatic amines is 1. The Labute approximate surface area is 157 Å². The van der Waals surface area contributed by atoms with Gasteiger partial charge in [0.25, 0.3) is 5.91 Å². The largest absolute Gasteiger partial charge is 0.486 e. The van der Waals surface area contributed by atoms with Crippen LogP contribution < -0.4 is 9.47 Å². The molecular formula is C21H21N3O3. The Hall–Kier alpha value is -3.02. The number of likely N-dealkylation sites (tertiary alicyclic amines) is 1. The van der Waals surface area contributed by atoms with E-state index < -0.39 is 0 Å². The maximum absolute atomic E-state index is 13.1. The molecule has 2 aliphatic rings. The molecule has 0 radical (unpaired) electrons. The number of amides is 1. The number of H-pyrrole nitrogens is 1. The molecule has 27 heavy (non-hydrogen) atoms. The van der Waals surface area contributed by atoms with Gasteiger partial charge in [0.1, 0.15) is 18.9 Å². The lowest BCUT2D eigenvalue weighted by Gasteiger charge is -2.32. The number of pyridine rings is 1. The molecule has 1 amide bonds. The van der Waals surface area contributed by atoms with Crippen molar-refractivity contribution in [3.8, 4) is 11.5 Å². The third-order valence-electron chi connectivity index (χ3n) is 5.50. The smallest absolute Gasteiger partial charge is 0.257 e. The van der Waals surface area contributed by atoms with Gasteiger partial charge in [-0.05, 0) is 48.6 Å². The van der Waals surface area contributed by atoms with Gasteiger partial charge in [0.05, 0.1) is 5.56 Å². The van der Waals surface area contributed by atoms with Gasteiger partial charge in [-0.15, -0.1) is 0 Å². The van der Waals surface area contributed by atoms with Crippen molar-refractivity contribution in [2.45, 2.75) is 18.8 Å². The molecule has 4 heterocycles. The third kappa shape index (κ3) is 2.81. The molecule has 138 valence electrons. The Morgan fingerprint density at radius 3 is 2.85 bits per heavy atom. The van der Waals surface area contributed by atoms with E-state index >= 15 is 0 Å². The highest BCUT2D eigenvalue weighted by Crippen LogP contribution is 2.36. The first-order chi connectivity index (χ1) is 13.3. The fourth-order valence-corrected chi connectivity index (χ4v) is 4.12. The van der Waals surface area contributed by atoms with Gasteiger partial charge in [-0.2, -0.15) is 0 Å². The molecule has 5 rings (SSSR count). The summed E-state index contributed by atoms with van der Waals surface area (Å²) < 4.78 is 11.3. The maximum atomic E-state index is 13.1. The van der Waals surface area contributed by atoms with Crippen molar-refractivity contribution < 1.29 is 14.3 Å². The van der Waals surface area contributed by atoms with E-state index in [2.05, 4.69) is 22.2 Å². The van der Waals surface area contributed by atoms with Crippen LogP contribution in [-0.2, 0) is 0 Å². The lowest BCUT2D eigenvalue weighted by molar-refractivity contribution is 0.0703. The molecule has 0 bridgehead atoms. The van der Waals surface area contributed by atoms with Crippen LogP contribution in [0.15, 0.2) is 42.7 Å². The zero-order chi connectivity index (χ0) is 18.2. The summed E-state index contributed by atoms with van der Waals surface area (Å²) in [5, 5.41) is 1.19. The maximum Gasteiger partial charge on any atom is 0.257 e. The van der Waals surface area contributed by atoms with Crippen molar-refractivity contribution in [3.05, 3.63) is 53.9 Å². The Bertz CT molecular complexity index is 989. The van der Waals surface area contributed by atoms with E-state index in [1.807, 2.05) is 29.2 Å². The molecule has 0 unspecified atom stereocenters. The normalized spacial score (nSPS) is 17.3. The number of piperidine rings is 1. The number of nitrogens with one attached hydrogen (secondary N) is 1. The fourth-order valence-electron chi connectivity index (χ4n) is 4.12. The van der Waals surface area contributed by atoms with Crippen LogP contribution in [0.4, 0.5) is 0 Å². The van der Waals surface area contributed by atoms with Crippen LogP contribution in [-0.4, -0.2) is 47.1 Å². The predicted octanol–water partition coefficient (Wildman–Crippen LogP) is 3.35. The minimum atomic E-state index is 0.0244. The molecule has 6 heteroatoms. The number of hydrogen-bond donors (Lipinski definition) is 1. The van der Waals surface area contributed by atoms with Crippen molar-refractivity contribution in [2.24, 2.45) is 0 Å². The summed E-state index contributed by atoms with van der Waals surface area (Å²) in [5.74, 6) is 1.71. The number of nitrogens with zero attached hydrogens (tertiary/aromatic N) is 2. The average Bonchev–Trinajstić information content (AvgIpc) is 3.17. The minimum Gasteiger partial charge on any atom is -0.486 e. The molecule has 2 aromatic heterocycles. The first-order valence-corrected chi connectivity index (χ1v) is 9.41. The van der Waals surface area contributed by atoms with Gasteiger partial charge in [-0.25, -0.2) is 4.98 Å². The molecule has 0 atom stereocenters. The lowest BCUT2D eigenvalue weighted by atomic mass is 9.89. The number of carbonyl (C=O) groups is 1. The molecule has 1 N–H and O–H groups in total. The zero-order valence-corrected chi connectivity index (χ0v) is 15.0. The molecule has 0 saturated carbocycles. The van der Waals surface area contributed by atoms with Crippen LogP contribution in [0.3, 0.4) is 0 Å². The van der Waals surface area contributed by atoms with Gasteiger partial charge in [0.15, 0.2) is 11.5 Å². The summed E-state index contributed by atoms with van der Waals surface area (Å²) in [4.78, 5) is 22.6. The number of rotatable bonds is 2. The first kappa shape index (κ1) is 16.2. The number of para-hydroxylation sites is 1. The highest BCUT2D eigenvalue weighted by Gasteiger charge is 2.29.